The third-order valence-electron chi connectivity index (χ3n) is 1.72. The Morgan fingerprint density at radius 1 is 1.19 bits per heavy atom. The number of rotatable bonds is 1. The number of esters is 1. The van der Waals surface area contributed by atoms with Crippen LogP contribution in [-0.2, 0) is 9.53 Å². The fourth-order valence-electron chi connectivity index (χ4n) is 1.15. The van der Waals surface area contributed by atoms with Gasteiger partial charge in [0.05, 0.1) is 6.42 Å². The molecule has 92 valence electrons. The van der Waals surface area contributed by atoms with Crippen LogP contribution in [0.25, 0.3) is 0 Å². The van der Waals surface area contributed by atoms with E-state index in [1.54, 1.807) is 12.2 Å². The minimum atomic E-state index is -0.149. The normalized spacial score (nSPS) is 18.9. The van der Waals surface area contributed by atoms with Crippen molar-refractivity contribution in [1.29, 1.82) is 0 Å². The van der Waals surface area contributed by atoms with Crippen LogP contribution in [0.3, 0.4) is 0 Å². The molecule has 1 aliphatic heterocycles. The molecule has 0 radical (unpaired) electrons. The minimum absolute atomic E-state index is 0.149. The van der Waals surface area contributed by atoms with Gasteiger partial charge in [-0.05, 0) is 25.0 Å². The molecule has 0 aliphatic carbocycles. The molecule has 1 aliphatic rings. The van der Waals surface area contributed by atoms with Gasteiger partial charge in [0.1, 0.15) is 5.76 Å². The quantitative estimate of drug-likeness (QED) is 0.617. The first-order chi connectivity index (χ1) is 7.77. The van der Waals surface area contributed by atoms with Crippen LogP contribution in [0.2, 0.25) is 0 Å². The third kappa shape index (κ3) is 6.23. The molecule has 0 N–H and O–H groups in total. The van der Waals surface area contributed by atoms with Crippen LogP contribution in [-0.4, -0.2) is 5.97 Å². The summed E-state index contributed by atoms with van der Waals surface area (Å²) in [5, 5.41) is 0. The lowest BCUT2D eigenvalue weighted by Gasteiger charge is -2.16. The summed E-state index contributed by atoms with van der Waals surface area (Å²) >= 11 is 0. The Labute approximate surface area is 99.7 Å². The summed E-state index contributed by atoms with van der Waals surface area (Å²) < 4.78 is 5.01. The Balaban J connectivity index is 0. The molecule has 0 aromatic heterocycles. The van der Waals surface area contributed by atoms with E-state index in [0.29, 0.717) is 12.2 Å². The second kappa shape index (κ2) is 11.8. The Hall–Kier alpha value is -1.31. The molecule has 0 bridgehead atoms. The van der Waals surface area contributed by atoms with Gasteiger partial charge < -0.3 is 4.74 Å². The number of carbonyl (C=O) groups excluding carboxylic acids is 1. The molecule has 2 heteroatoms. The lowest BCUT2D eigenvalue weighted by molar-refractivity contribution is -0.140. The predicted molar refractivity (Wildman–Crippen MR) is 70.1 cm³/mol. The summed E-state index contributed by atoms with van der Waals surface area (Å²) in [4.78, 5) is 10.9. The molecule has 0 amide bonds. The van der Waals surface area contributed by atoms with Crippen molar-refractivity contribution >= 4 is 5.97 Å². The Bertz CT molecular complexity index is 260. The first kappa shape index (κ1) is 17.1. The van der Waals surface area contributed by atoms with Gasteiger partial charge in [0.2, 0.25) is 0 Å². The molecular weight excluding hydrogens is 200 g/mol. The molecule has 0 unspecified atom stereocenters. The van der Waals surface area contributed by atoms with E-state index in [0.717, 1.165) is 12.0 Å². The first-order valence-electron chi connectivity index (χ1n) is 5.97. The summed E-state index contributed by atoms with van der Waals surface area (Å²) in [5.74, 6) is 0.524. The van der Waals surface area contributed by atoms with Crippen molar-refractivity contribution in [2.45, 2.75) is 47.5 Å². The smallest absolute Gasteiger partial charge is 0.311 e. The second-order valence-electron chi connectivity index (χ2n) is 2.55. The summed E-state index contributed by atoms with van der Waals surface area (Å²) in [6.45, 7) is 13.5. The van der Waals surface area contributed by atoms with Crippen LogP contribution in [0.4, 0.5) is 0 Å². The molecule has 0 aromatic rings. The highest BCUT2D eigenvalue weighted by atomic mass is 16.5. The monoisotopic (exact) mass is 224 g/mol. The van der Waals surface area contributed by atoms with Gasteiger partial charge in [-0.25, -0.2) is 0 Å². The molecule has 0 aromatic carbocycles. The van der Waals surface area contributed by atoms with E-state index in [-0.39, 0.29) is 5.97 Å². The van der Waals surface area contributed by atoms with E-state index in [4.69, 9.17) is 4.74 Å². The second-order valence-corrected chi connectivity index (χ2v) is 2.55. The molecular formula is C14H24O2. The molecule has 1 saturated heterocycles. The molecule has 0 saturated carbocycles. The lowest BCUT2D eigenvalue weighted by atomic mass is 10.1. The highest BCUT2D eigenvalue weighted by Crippen LogP contribution is 2.23. The van der Waals surface area contributed by atoms with Gasteiger partial charge in [0.15, 0.2) is 0 Å². The largest absolute Gasteiger partial charge is 0.427 e. The van der Waals surface area contributed by atoms with Crippen molar-refractivity contribution in [3.63, 3.8) is 0 Å². The van der Waals surface area contributed by atoms with E-state index in [2.05, 4.69) is 6.58 Å². The number of hydrogen-bond acceptors (Lipinski definition) is 2. The summed E-state index contributed by atoms with van der Waals surface area (Å²) in [6.07, 6.45) is 6.60. The number of allylic oxidation sites excluding steroid dienone is 4. The maximum Gasteiger partial charge on any atom is 0.311 e. The van der Waals surface area contributed by atoms with E-state index in [1.165, 1.54) is 0 Å². The van der Waals surface area contributed by atoms with E-state index < -0.39 is 0 Å². The van der Waals surface area contributed by atoms with Crippen LogP contribution in [0.1, 0.15) is 47.5 Å². The first-order valence-corrected chi connectivity index (χ1v) is 5.97. The maximum atomic E-state index is 10.9. The minimum Gasteiger partial charge on any atom is -0.427 e. The van der Waals surface area contributed by atoms with Gasteiger partial charge in [-0.2, -0.15) is 0 Å². The summed E-state index contributed by atoms with van der Waals surface area (Å²) in [5.41, 5.74) is 1.05. The van der Waals surface area contributed by atoms with Crippen LogP contribution in [0, 0.1) is 0 Å². The molecule has 1 fully saturated rings. The van der Waals surface area contributed by atoms with E-state index >= 15 is 0 Å². The van der Waals surface area contributed by atoms with E-state index in [9.17, 15) is 4.79 Å². The van der Waals surface area contributed by atoms with Crippen LogP contribution in [0.5, 0.6) is 0 Å². The molecule has 1 heterocycles. The highest BCUT2D eigenvalue weighted by molar-refractivity contribution is 5.73. The van der Waals surface area contributed by atoms with Crippen molar-refractivity contribution < 1.29 is 9.53 Å². The molecule has 1 rings (SSSR count). The van der Waals surface area contributed by atoms with Gasteiger partial charge in [-0.15, -0.1) is 0 Å². The zero-order valence-electron chi connectivity index (χ0n) is 11.2. The van der Waals surface area contributed by atoms with Crippen molar-refractivity contribution in [3.8, 4) is 0 Å². The van der Waals surface area contributed by atoms with Crippen LogP contribution >= 0.6 is 0 Å². The van der Waals surface area contributed by atoms with Crippen molar-refractivity contribution in [1.82, 2.24) is 0 Å². The predicted octanol–water partition coefficient (Wildman–Crippen LogP) is 4.39. The van der Waals surface area contributed by atoms with Gasteiger partial charge >= 0.3 is 5.97 Å². The molecule has 16 heavy (non-hydrogen) atoms. The van der Waals surface area contributed by atoms with Crippen molar-refractivity contribution in [2.75, 3.05) is 0 Å². The van der Waals surface area contributed by atoms with Crippen LogP contribution in [0.15, 0.2) is 36.1 Å². The van der Waals surface area contributed by atoms with Crippen LogP contribution < -0.4 is 0 Å². The maximum absolute atomic E-state index is 10.9. The van der Waals surface area contributed by atoms with Crippen molar-refractivity contribution in [3.05, 3.63) is 36.1 Å². The number of cyclic esters (lactones) is 1. The summed E-state index contributed by atoms with van der Waals surface area (Å²) in [7, 11) is 0. The molecule has 0 atom stereocenters. The van der Waals surface area contributed by atoms with Crippen molar-refractivity contribution in [2.24, 2.45) is 0 Å². The Kier molecular flexibility index (Phi) is 12.6. The topological polar surface area (TPSA) is 26.3 Å². The summed E-state index contributed by atoms with van der Waals surface area (Å²) in [6, 6.07) is 0. The number of carbonyl (C=O) groups is 1. The van der Waals surface area contributed by atoms with Gasteiger partial charge in [-0.3, -0.25) is 4.79 Å². The van der Waals surface area contributed by atoms with Gasteiger partial charge in [0.25, 0.3) is 0 Å². The fraction of sp³-hybridized carbons (Fsp3) is 0.500. The third-order valence-corrected chi connectivity index (χ3v) is 1.72. The SMILES string of the molecule is C=C/C=C1/CCC(=O)O/C1=C/C.CC.CC. The molecule has 0 spiro atoms. The zero-order chi connectivity index (χ0) is 13.0. The lowest BCUT2D eigenvalue weighted by Crippen LogP contribution is -2.12. The standard InChI is InChI=1S/C10H12O2.2C2H6/c1-3-5-8-6-7-10(11)12-9(8)4-2;2*1-2/h3-5H,1,6-7H2,2H3;2*1-2H3/b8-5-,9-4+;;. The Morgan fingerprint density at radius 3 is 2.19 bits per heavy atom. The number of ether oxygens (including phenoxy) is 1. The van der Waals surface area contributed by atoms with Gasteiger partial charge in [-0.1, -0.05) is 46.4 Å². The average molecular weight is 224 g/mol. The molecule has 2 nitrogen and oxygen atoms in total. The fourth-order valence-corrected chi connectivity index (χ4v) is 1.15. The van der Waals surface area contributed by atoms with E-state index in [1.807, 2.05) is 40.7 Å². The van der Waals surface area contributed by atoms with Gasteiger partial charge in [0, 0.05) is 0 Å². The number of hydrogen-bond donors (Lipinski definition) is 0. The average Bonchev–Trinajstić information content (AvgIpc) is 2.36. The Morgan fingerprint density at radius 2 is 1.75 bits per heavy atom. The zero-order valence-corrected chi connectivity index (χ0v) is 11.2. The highest BCUT2D eigenvalue weighted by Gasteiger charge is 2.17.